The third kappa shape index (κ3) is 3.48. The molecule has 20 heavy (non-hydrogen) atoms. The monoisotopic (exact) mass is 324 g/mol. The number of halogens is 2. The fraction of sp³-hybridized carbons (Fsp3) is 0. The van der Waals surface area contributed by atoms with Crippen molar-refractivity contribution in [1.29, 1.82) is 0 Å². The molecular formula is C14H10Cl2N2OS. The number of anilines is 1. The van der Waals surface area contributed by atoms with E-state index in [9.17, 15) is 4.79 Å². The van der Waals surface area contributed by atoms with Crippen LogP contribution in [0.4, 0.5) is 5.69 Å². The average molecular weight is 325 g/mol. The highest BCUT2D eigenvalue weighted by molar-refractivity contribution is 7.80. The van der Waals surface area contributed by atoms with Gasteiger partial charge in [-0.15, -0.1) is 0 Å². The Labute approximate surface area is 131 Å². The fourth-order valence-corrected chi connectivity index (χ4v) is 2.00. The van der Waals surface area contributed by atoms with Crippen LogP contribution in [0.25, 0.3) is 0 Å². The van der Waals surface area contributed by atoms with Crippen molar-refractivity contribution in [2.45, 2.75) is 0 Å². The first-order valence-corrected chi connectivity index (χ1v) is 6.80. The van der Waals surface area contributed by atoms with Crippen molar-refractivity contribution in [2.75, 3.05) is 5.32 Å². The van der Waals surface area contributed by atoms with Gasteiger partial charge >= 0.3 is 0 Å². The smallest absolute Gasteiger partial charge is 0.255 e. The predicted octanol–water partition coefficient (Wildman–Crippen LogP) is 3.88. The minimum absolute atomic E-state index is 0.252. The van der Waals surface area contributed by atoms with E-state index >= 15 is 0 Å². The molecule has 0 radical (unpaired) electrons. The number of nitrogens with one attached hydrogen (secondary N) is 1. The van der Waals surface area contributed by atoms with E-state index < -0.39 is 0 Å². The van der Waals surface area contributed by atoms with Crippen molar-refractivity contribution < 1.29 is 4.79 Å². The molecule has 102 valence electrons. The van der Waals surface area contributed by atoms with Crippen LogP contribution in [0.1, 0.15) is 15.9 Å². The largest absolute Gasteiger partial charge is 0.389 e. The van der Waals surface area contributed by atoms with Crippen LogP contribution in [0, 0.1) is 0 Å². The topological polar surface area (TPSA) is 55.1 Å². The number of amides is 1. The molecule has 0 aromatic heterocycles. The van der Waals surface area contributed by atoms with Gasteiger partial charge < -0.3 is 11.1 Å². The Morgan fingerprint density at radius 1 is 1.00 bits per heavy atom. The molecule has 0 unspecified atom stereocenters. The zero-order valence-corrected chi connectivity index (χ0v) is 12.5. The molecule has 3 N–H and O–H groups in total. The number of carbonyl (C=O) groups is 1. The Hall–Kier alpha value is -1.62. The molecule has 1 amide bonds. The Balaban J connectivity index is 2.15. The molecule has 3 nitrogen and oxygen atoms in total. The van der Waals surface area contributed by atoms with Gasteiger partial charge in [0.25, 0.3) is 5.91 Å². The normalized spacial score (nSPS) is 10.1. The summed E-state index contributed by atoms with van der Waals surface area (Å²) < 4.78 is 0. The first-order chi connectivity index (χ1) is 9.47. The number of hydrogen-bond acceptors (Lipinski definition) is 2. The molecule has 0 saturated heterocycles. The molecule has 6 heteroatoms. The van der Waals surface area contributed by atoms with Crippen molar-refractivity contribution in [3.05, 3.63) is 63.6 Å². The maximum Gasteiger partial charge on any atom is 0.255 e. The minimum Gasteiger partial charge on any atom is -0.389 e. The van der Waals surface area contributed by atoms with Gasteiger partial charge in [0.2, 0.25) is 0 Å². The van der Waals surface area contributed by atoms with Gasteiger partial charge in [-0.2, -0.15) is 0 Å². The lowest BCUT2D eigenvalue weighted by Crippen LogP contribution is -2.13. The maximum absolute atomic E-state index is 12.0. The highest BCUT2D eigenvalue weighted by Gasteiger charge is 2.07. The van der Waals surface area contributed by atoms with E-state index in [1.165, 1.54) is 0 Å². The van der Waals surface area contributed by atoms with E-state index in [4.69, 9.17) is 41.2 Å². The van der Waals surface area contributed by atoms with Crippen LogP contribution in [0.5, 0.6) is 0 Å². The molecule has 2 aromatic rings. The van der Waals surface area contributed by atoms with Crippen LogP contribution >= 0.6 is 35.4 Å². The van der Waals surface area contributed by atoms with Crippen LogP contribution in [0.15, 0.2) is 42.5 Å². The molecule has 0 aliphatic carbocycles. The van der Waals surface area contributed by atoms with E-state index in [2.05, 4.69) is 5.32 Å². The molecule has 2 rings (SSSR count). The summed E-state index contributed by atoms with van der Waals surface area (Å²) >= 11 is 16.6. The summed E-state index contributed by atoms with van der Waals surface area (Å²) in [6.07, 6.45) is 0. The Bertz CT molecular complexity index is 671. The van der Waals surface area contributed by atoms with E-state index in [-0.39, 0.29) is 5.91 Å². The Morgan fingerprint density at radius 2 is 1.60 bits per heavy atom. The number of hydrogen-bond donors (Lipinski definition) is 2. The van der Waals surface area contributed by atoms with Gasteiger partial charge in [-0.1, -0.05) is 47.6 Å². The zero-order chi connectivity index (χ0) is 14.7. The van der Waals surface area contributed by atoms with Crippen molar-refractivity contribution in [3.8, 4) is 0 Å². The molecule has 0 bridgehead atoms. The standard InChI is InChI=1S/C14H10Cl2N2OS/c15-11-6-5-10(7-12(11)16)18-14(19)9-3-1-8(2-4-9)13(17)20/h1-7H,(H2,17,20)(H,18,19). The number of nitrogens with two attached hydrogens (primary N) is 1. The zero-order valence-electron chi connectivity index (χ0n) is 10.2. The quantitative estimate of drug-likeness (QED) is 0.842. The average Bonchev–Trinajstić information content (AvgIpc) is 2.43. The predicted molar refractivity (Wildman–Crippen MR) is 86.7 cm³/mol. The minimum atomic E-state index is -0.252. The van der Waals surface area contributed by atoms with Crippen LogP contribution in [0.2, 0.25) is 10.0 Å². The molecule has 0 fully saturated rings. The van der Waals surface area contributed by atoms with Crippen LogP contribution in [-0.2, 0) is 0 Å². The van der Waals surface area contributed by atoms with E-state index in [0.717, 1.165) is 0 Å². The van der Waals surface area contributed by atoms with Crippen molar-refractivity contribution in [1.82, 2.24) is 0 Å². The number of carbonyl (C=O) groups excluding carboxylic acids is 1. The second-order valence-corrected chi connectivity index (χ2v) is 5.28. The van der Waals surface area contributed by atoms with Gasteiger partial charge in [-0.25, -0.2) is 0 Å². The van der Waals surface area contributed by atoms with E-state index in [1.54, 1.807) is 42.5 Å². The summed E-state index contributed by atoms with van der Waals surface area (Å²) in [6, 6.07) is 11.6. The summed E-state index contributed by atoms with van der Waals surface area (Å²) in [5, 5.41) is 3.55. The molecule has 0 atom stereocenters. The fourth-order valence-electron chi connectivity index (χ4n) is 1.56. The van der Waals surface area contributed by atoms with Gasteiger partial charge in [0.1, 0.15) is 4.99 Å². The number of thiocarbonyl (C=S) groups is 1. The van der Waals surface area contributed by atoms with Gasteiger partial charge in [0.15, 0.2) is 0 Å². The van der Waals surface area contributed by atoms with Crippen molar-refractivity contribution in [2.24, 2.45) is 5.73 Å². The lowest BCUT2D eigenvalue weighted by Gasteiger charge is -2.07. The van der Waals surface area contributed by atoms with Gasteiger partial charge in [0.05, 0.1) is 10.0 Å². The summed E-state index contributed by atoms with van der Waals surface area (Å²) in [4.78, 5) is 12.3. The van der Waals surface area contributed by atoms with Crippen LogP contribution < -0.4 is 11.1 Å². The number of benzene rings is 2. The lowest BCUT2D eigenvalue weighted by atomic mass is 10.1. The molecule has 0 spiro atoms. The molecule has 0 heterocycles. The Kier molecular flexibility index (Phi) is 4.60. The SMILES string of the molecule is NC(=S)c1ccc(C(=O)Nc2ccc(Cl)c(Cl)c2)cc1. The summed E-state index contributed by atoms with van der Waals surface area (Å²) in [7, 11) is 0. The summed E-state index contributed by atoms with van der Waals surface area (Å²) in [6.45, 7) is 0. The second-order valence-electron chi connectivity index (χ2n) is 4.02. The van der Waals surface area contributed by atoms with Gasteiger partial charge in [0, 0.05) is 16.8 Å². The first-order valence-electron chi connectivity index (χ1n) is 5.63. The summed E-state index contributed by atoms with van der Waals surface area (Å²) in [5.74, 6) is -0.252. The third-order valence-electron chi connectivity index (χ3n) is 2.61. The highest BCUT2D eigenvalue weighted by Crippen LogP contribution is 2.25. The second kappa shape index (κ2) is 6.22. The van der Waals surface area contributed by atoms with Gasteiger partial charge in [-0.3, -0.25) is 4.79 Å². The van der Waals surface area contributed by atoms with Crippen molar-refractivity contribution in [3.63, 3.8) is 0 Å². The van der Waals surface area contributed by atoms with Crippen LogP contribution in [0.3, 0.4) is 0 Å². The molecule has 0 saturated carbocycles. The third-order valence-corrected chi connectivity index (χ3v) is 3.58. The molecule has 0 aliphatic rings. The Morgan fingerprint density at radius 3 is 2.15 bits per heavy atom. The van der Waals surface area contributed by atoms with Gasteiger partial charge in [-0.05, 0) is 30.3 Å². The first kappa shape index (κ1) is 14.8. The van der Waals surface area contributed by atoms with E-state index in [1.807, 2.05) is 0 Å². The molecular weight excluding hydrogens is 315 g/mol. The van der Waals surface area contributed by atoms with Crippen LogP contribution in [-0.4, -0.2) is 10.9 Å². The highest BCUT2D eigenvalue weighted by atomic mass is 35.5. The molecule has 0 aliphatic heterocycles. The summed E-state index contributed by atoms with van der Waals surface area (Å²) in [5.41, 5.74) is 7.28. The van der Waals surface area contributed by atoms with Crippen molar-refractivity contribution >= 4 is 52.0 Å². The van der Waals surface area contributed by atoms with E-state index in [0.29, 0.717) is 31.8 Å². The lowest BCUT2D eigenvalue weighted by molar-refractivity contribution is 0.102. The number of rotatable bonds is 3. The molecule has 2 aromatic carbocycles. The maximum atomic E-state index is 12.0.